The van der Waals surface area contributed by atoms with Gasteiger partial charge in [-0.3, -0.25) is 0 Å². The van der Waals surface area contributed by atoms with Gasteiger partial charge >= 0.3 is 0 Å². The van der Waals surface area contributed by atoms with Crippen LogP contribution in [0.15, 0.2) is 28.7 Å². The lowest BCUT2D eigenvalue weighted by atomic mass is 10.2. The van der Waals surface area contributed by atoms with Crippen molar-refractivity contribution in [1.82, 2.24) is 4.98 Å². The first-order chi connectivity index (χ1) is 8.24. The van der Waals surface area contributed by atoms with Crippen LogP contribution < -0.4 is 10.5 Å². The number of hydrogen-bond acceptors (Lipinski definition) is 4. The van der Waals surface area contributed by atoms with Crippen LogP contribution in [0.2, 0.25) is 0 Å². The van der Waals surface area contributed by atoms with Gasteiger partial charge in [-0.2, -0.15) is 0 Å². The molecule has 0 fully saturated rings. The highest BCUT2D eigenvalue weighted by atomic mass is 16.5. The molecule has 0 saturated carbocycles. The highest BCUT2D eigenvalue weighted by molar-refractivity contribution is 5.56. The van der Waals surface area contributed by atoms with Crippen LogP contribution in [0.5, 0.6) is 5.75 Å². The molecule has 0 aliphatic rings. The van der Waals surface area contributed by atoms with Crippen LogP contribution in [0.1, 0.15) is 11.5 Å². The number of benzene rings is 1. The summed E-state index contributed by atoms with van der Waals surface area (Å²) in [6.07, 6.45) is 0.735. The van der Waals surface area contributed by atoms with Crippen molar-refractivity contribution in [2.24, 2.45) is 5.73 Å². The normalized spacial score (nSPS) is 10.5. The second kappa shape index (κ2) is 5.01. The summed E-state index contributed by atoms with van der Waals surface area (Å²) in [5.41, 5.74) is 7.36. The number of methoxy groups -OCH3 is 1. The summed E-state index contributed by atoms with van der Waals surface area (Å²) < 4.78 is 10.8. The lowest BCUT2D eigenvalue weighted by molar-refractivity contribution is 0.414. The van der Waals surface area contributed by atoms with Gasteiger partial charge in [0.25, 0.3) is 0 Å². The maximum atomic E-state index is 5.63. The summed E-state index contributed by atoms with van der Waals surface area (Å²) in [6.45, 7) is 2.48. The van der Waals surface area contributed by atoms with E-state index in [-0.39, 0.29) is 0 Å². The summed E-state index contributed by atoms with van der Waals surface area (Å²) in [4.78, 5) is 4.44. The molecule has 1 aromatic carbocycles. The van der Waals surface area contributed by atoms with Gasteiger partial charge in [0.2, 0.25) is 5.89 Å². The van der Waals surface area contributed by atoms with Crippen molar-refractivity contribution in [2.75, 3.05) is 13.7 Å². The van der Waals surface area contributed by atoms with E-state index in [1.54, 1.807) is 7.11 Å². The molecule has 0 aliphatic carbocycles. The highest BCUT2D eigenvalue weighted by Crippen LogP contribution is 2.25. The smallest absolute Gasteiger partial charge is 0.226 e. The average Bonchev–Trinajstić information content (AvgIpc) is 2.72. The molecule has 2 rings (SSSR count). The molecule has 1 aromatic heterocycles. The fraction of sp³-hybridized carbons (Fsp3) is 0.308. The van der Waals surface area contributed by atoms with Gasteiger partial charge < -0.3 is 14.9 Å². The Morgan fingerprint density at radius 2 is 2.24 bits per heavy atom. The third-order valence-corrected chi connectivity index (χ3v) is 2.59. The van der Waals surface area contributed by atoms with Gasteiger partial charge in [-0.15, -0.1) is 0 Å². The Morgan fingerprint density at radius 1 is 1.41 bits per heavy atom. The number of nitrogens with zero attached hydrogens (tertiary/aromatic N) is 1. The van der Waals surface area contributed by atoms with Gasteiger partial charge in [-0.1, -0.05) is 6.07 Å². The Labute approximate surface area is 100 Å². The van der Waals surface area contributed by atoms with Crippen LogP contribution in [0.4, 0.5) is 0 Å². The molecule has 0 spiro atoms. The van der Waals surface area contributed by atoms with Crippen LogP contribution in [-0.4, -0.2) is 18.6 Å². The predicted molar refractivity (Wildman–Crippen MR) is 66.0 cm³/mol. The minimum Gasteiger partial charge on any atom is -0.497 e. The minimum atomic E-state index is 0.574. The molecule has 0 amide bonds. The van der Waals surface area contributed by atoms with Gasteiger partial charge in [0, 0.05) is 12.0 Å². The Bertz CT molecular complexity index is 506. The maximum Gasteiger partial charge on any atom is 0.226 e. The third-order valence-electron chi connectivity index (χ3n) is 2.59. The van der Waals surface area contributed by atoms with Crippen molar-refractivity contribution in [3.05, 3.63) is 35.7 Å². The zero-order valence-corrected chi connectivity index (χ0v) is 10.1. The van der Waals surface area contributed by atoms with E-state index >= 15 is 0 Å². The number of aromatic nitrogens is 1. The monoisotopic (exact) mass is 232 g/mol. The quantitative estimate of drug-likeness (QED) is 0.877. The van der Waals surface area contributed by atoms with Crippen molar-refractivity contribution in [1.29, 1.82) is 0 Å². The summed E-state index contributed by atoms with van der Waals surface area (Å²) in [5.74, 6) is 2.23. The molecule has 1 heterocycles. The lowest BCUT2D eigenvalue weighted by Crippen LogP contribution is -2.03. The molecule has 0 radical (unpaired) electrons. The van der Waals surface area contributed by atoms with Crippen LogP contribution in [0.3, 0.4) is 0 Å². The van der Waals surface area contributed by atoms with E-state index in [4.69, 9.17) is 14.9 Å². The van der Waals surface area contributed by atoms with E-state index in [1.807, 2.05) is 31.2 Å². The maximum absolute atomic E-state index is 5.63. The molecule has 0 bridgehead atoms. The van der Waals surface area contributed by atoms with Crippen LogP contribution in [0, 0.1) is 6.92 Å². The number of aryl methyl sites for hydroxylation is 1. The Hall–Kier alpha value is -1.81. The minimum absolute atomic E-state index is 0.574. The fourth-order valence-electron chi connectivity index (χ4n) is 1.68. The van der Waals surface area contributed by atoms with Gasteiger partial charge in [0.15, 0.2) is 0 Å². The molecule has 2 N–H and O–H groups in total. The second-order valence-electron chi connectivity index (χ2n) is 3.79. The summed E-state index contributed by atoms with van der Waals surface area (Å²) in [6, 6.07) is 7.65. The molecule has 17 heavy (non-hydrogen) atoms. The van der Waals surface area contributed by atoms with Crippen LogP contribution in [-0.2, 0) is 6.42 Å². The Kier molecular flexibility index (Phi) is 3.44. The number of nitrogens with two attached hydrogens (primary N) is 1. The summed E-state index contributed by atoms with van der Waals surface area (Å²) in [5, 5.41) is 0. The number of ether oxygens (including phenoxy) is 1. The molecular formula is C13H16N2O2. The number of oxazole rings is 1. The molecule has 2 aromatic rings. The highest BCUT2D eigenvalue weighted by Gasteiger charge is 2.11. The van der Waals surface area contributed by atoms with Crippen molar-refractivity contribution in [2.45, 2.75) is 13.3 Å². The van der Waals surface area contributed by atoms with Crippen molar-refractivity contribution < 1.29 is 9.15 Å². The lowest BCUT2D eigenvalue weighted by Gasteiger charge is -2.00. The zero-order chi connectivity index (χ0) is 12.3. The van der Waals surface area contributed by atoms with Crippen molar-refractivity contribution in [3.63, 3.8) is 0 Å². The number of hydrogen-bond donors (Lipinski definition) is 1. The first kappa shape index (κ1) is 11.7. The SMILES string of the molecule is COc1cccc(-c2nc(CCN)c(C)o2)c1. The Balaban J connectivity index is 2.35. The van der Waals surface area contributed by atoms with E-state index in [0.717, 1.165) is 29.2 Å². The largest absolute Gasteiger partial charge is 0.497 e. The van der Waals surface area contributed by atoms with Crippen LogP contribution >= 0.6 is 0 Å². The van der Waals surface area contributed by atoms with Gasteiger partial charge in [0.05, 0.1) is 12.8 Å². The molecule has 0 atom stereocenters. The standard InChI is InChI=1S/C13H16N2O2/c1-9-12(6-7-14)15-13(17-9)10-4-3-5-11(8-10)16-2/h3-5,8H,6-7,14H2,1-2H3. The first-order valence-electron chi connectivity index (χ1n) is 5.55. The summed E-state index contributed by atoms with van der Waals surface area (Å²) >= 11 is 0. The fourth-order valence-corrected chi connectivity index (χ4v) is 1.68. The average molecular weight is 232 g/mol. The van der Waals surface area contributed by atoms with Gasteiger partial charge in [-0.05, 0) is 31.7 Å². The van der Waals surface area contributed by atoms with E-state index in [9.17, 15) is 0 Å². The molecule has 0 unspecified atom stereocenters. The topological polar surface area (TPSA) is 61.3 Å². The molecule has 4 heteroatoms. The molecular weight excluding hydrogens is 216 g/mol. The van der Waals surface area contributed by atoms with Crippen molar-refractivity contribution >= 4 is 0 Å². The zero-order valence-electron chi connectivity index (χ0n) is 10.1. The van der Waals surface area contributed by atoms with Gasteiger partial charge in [-0.25, -0.2) is 4.98 Å². The number of rotatable bonds is 4. The Morgan fingerprint density at radius 3 is 2.94 bits per heavy atom. The van der Waals surface area contributed by atoms with Crippen molar-refractivity contribution in [3.8, 4) is 17.2 Å². The molecule has 0 saturated heterocycles. The third kappa shape index (κ3) is 2.47. The van der Waals surface area contributed by atoms with E-state index in [0.29, 0.717) is 12.4 Å². The first-order valence-corrected chi connectivity index (χ1v) is 5.55. The summed E-state index contributed by atoms with van der Waals surface area (Å²) in [7, 11) is 1.64. The predicted octanol–water partition coefficient (Wildman–Crippen LogP) is 2.16. The molecule has 90 valence electrons. The van der Waals surface area contributed by atoms with Crippen LogP contribution in [0.25, 0.3) is 11.5 Å². The van der Waals surface area contributed by atoms with E-state index in [2.05, 4.69) is 4.98 Å². The molecule has 0 aliphatic heterocycles. The van der Waals surface area contributed by atoms with Gasteiger partial charge in [0.1, 0.15) is 11.5 Å². The molecule has 4 nitrogen and oxygen atoms in total. The van der Waals surface area contributed by atoms with E-state index in [1.165, 1.54) is 0 Å². The van der Waals surface area contributed by atoms with E-state index < -0.39 is 0 Å². The second-order valence-corrected chi connectivity index (χ2v) is 3.79.